The Labute approximate surface area is 185 Å². The van der Waals surface area contributed by atoms with E-state index < -0.39 is 21.8 Å². The van der Waals surface area contributed by atoms with Crippen molar-refractivity contribution in [3.63, 3.8) is 0 Å². The van der Waals surface area contributed by atoms with E-state index in [1.54, 1.807) is 12.1 Å². The van der Waals surface area contributed by atoms with Crippen LogP contribution in [0.15, 0.2) is 58.6 Å². The Hall–Kier alpha value is -2.59. The van der Waals surface area contributed by atoms with Crippen LogP contribution in [-0.2, 0) is 27.6 Å². The van der Waals surface area contributed by atoms with Gasteiger partial charge in [0.1, 0.15) is 12.4 Å². The molecule has 3 rings (SSSR count). The summed E-state index contributed by atoms with van der Waals surface area (Å²) in [5.74, 6) is 0.602. The molecular weight excluding hydrogens is 445 g/mol. The number of nitrogens with zero attached hydrogens (tertiary/aromatic N) is 2. The molecule has 0 bridgehead atoms. The van der Waals surface area contributed by atoms with Crippen molar-refractivity contribution >= 4 is 15.7 Å². The van der Waals surface area contributed by atoms with E-state index in [4.69, 9.17) is 9.57 Å². The molecule has 0 N–H and O–H groups in total. The molecule has 1 aliphatic rings. The molecule has 174 valence electrons. The minimum atomic E-state index is -4.41. The number of halogens is 3. The molecule has 32 heavy (non-hydrogen) atoms. The average Bonchev–Trinajstić information content (AvgIpc) is 2.74. The first-order chi connectivity index (χ1) is 15.1. The smallest absolute Gasteiger partial charge is 0.416 e. The lowest BCUT2D eigenvalue weighted by Gasteiger charge is -2.26. The zero-order chi connectivity index (χ0) is 23.4. The third kappa shape index (κ3) is 6.23. The molecule has 6 nitrogen and oxygen atoms in total. The van der Waals surface area contributed by atoms with Gasteiger partial charge in [0.15, 0.2) is 0 Å². The van der Waals surface area contributed by atoms with E-state index in [1.165, 1.54) is 28.6 Å². The number of ether oxygens (including phenoxy) is 1. The second-order valence-corrected chi connectivity index (χ2v) is 9.61. The number of sulfonamides is 1. The van der Waals surface area contributed by atoms with Crippen molar-refractivity contribution in [3.8, 4) is 5.75 Å². The van der Waals surface area contributed by atoms with Crippen molar-refractivity contribution in [1.29, 1.82) is 0 Å². The van der Waals surface area contributed by atoms with Gasteiger partial charge in [-0.2, -0.15) is 17.5 Å². The molecule has 1 aliphatic heterocycles. The van der Waals surface area contributed by atoms with Gasteiger partial charge in [0.05, 0.1) is 22.3 Å². The summed E-state index contributed by atoms with van der Waals surface area (Å²) in [4.78, 5) is 5.41. The average molecular weight is 471 g/mol. The maximum atomic E-state index is 12.9. The summed E-state index contributed by atoms with van der Waals surface area (Å²) < 4.78 is 71.0. The van der Waals surface area contributed by atoms with E-state index in [1.807, 2.05) is 13.8 Å². The molecule has 1 heterocycles. The van der Waals surface area contributed by atoms with Crippen LogP contribution in [0.4, 0.5) is 13.2 Å². The quantitative estimate of drug-likeness (QED) is 0.543. The maximum Gasteiger partial charge on any atom is 0.416 e. The van der Waals surface area contributed by atoms with Crippen LogP contribution in [0.5, 0.6) is 5.75 Å². The first kappa shape index (κ1) is 24.1. The monoisotopic (exact) mass is 470 g/mol. The van der Waals surface area contributed by atoms with Crippen LogP contribution in [-0.4, -0.2) is 37.6 Å². The Kier molecular flexibility index (Phi) is 7.45. The van der Waals surface area contributed by atoms with Crippen LogP contribution in [0.25, 0.3) is 0 Å². The summed E-state index contributed by atoms with van der Waals surface area (Å²) in [6.45, 7) is 4.18. The number of oxime groups is 1. The van der Waals surface area contributed by atoms with Gasteiger partial charge >= 0.3 is 6.18 Å². The molecule has 1 saturated heterocycles. The first-order valence-corrected chi connectivity index (χ1v) is 11.6. The van der Waals surface area contributed by atoms with Gasteiger partial charge in [-0.05, 0) is 55.8 Å². The van der Waals surface area contributed by atoms with Gasteiger partial charge in [0.25, 0.3) is 0 Å². The molecule has 0 saturated carbocycles. The lowest BCUT2D eigenvalue weighted by molar-refractivity contribution is -0.137. The number of hydrogen-bond donors (Lipinski definition) is 0. The van der Waals surface area contributed by atoms with E-state index >= 15 is 0 Å². The molecule has 0 aromatic heterocycles. The largest absolute Gasteiger partial charge is 0.491 e. The number of hydrogen-bond acceptors (Lipinski definition) is 5. The molecular formula is C22H25F3N2O4S. The first-order valence-electron chi connectivity index (χ1n) is 10.2. The second kappa shape index (κ2) is 9.91. The number of rotatable bonds is 7. The van der Waals surface area contributed by atoms with Gasteiger partial charge in [0, 0.05) is 25.9 Å². The van der Waals surface area contributed by atoms with Crippen molar-refractivity contribution in [1.82, 2.24) is 4.31 Å². The summed E-state index contributed by atoms with van der Waals surface area (Å²) >= 11 is 0. The number of piperidine rings is 1. The van der Waals surface area contributed by atoms with E-state index in [0.29, 0.717) is 29.9 Å². The summed E-state index contributed by atoms with van der Waals surface area (Å²) in [6.07, 6.45) is -3.65. The van der Waals surface area contributed by atoms with Crippen LogP contribution >= 0.6 is 0 Å². The van der Waals surface area contributed by atoms with Crippen LogP contribution < -0.4 is 4.74 Å². The zero-order valence-electron chi connectivity index (χ0n) is 17.8. The normalized spacial score (nSPS) is 15.6. The topological polar surface area (TPSA) is 68.2 Å². The lowest BCUT2D eigenvalue weighted by Crippen LogP contribution is -2.38. The summed E-state index contributed by atoms with van der Waals surface area (Å²) in [7, 11) is -3.64. The summed E-state index contributed by atoms with van der Waals surface area (Å²) in [5, 5.41) is 4.00. The van der Waals surface area contributed by atoms with Crippen molar-refractivity contribution in [2.75, 3.05) is 13.1 Å². The van der Waals surface area contributed by atoms with Gasteiger partial charge in [0.2, 0.25) is 10.0 Å². The third-order valence-corrected chi connectivity index (χ3v) is 6.72. The molecule has 0 unspecified atom stereocenters. The molecule has 0 spiro atoms. The lowest BCUT2D eigenvalue weighted by atomic mass is 10.1. The van der Waals surface area contributed by atoms with Gasteiger partial charge in [-0.25, -0.2) is 8.42 Å². The van der Waals surface area contributed by atoms with E-state index in [-0.39, 0.29) is 30.7 Å². The zero-order valence-corrected chi connectivity index (χ0v) is 18.6. The fourth-order valence-electron chi connectivity index (χ4n) is 3.22. The highest BCUT2D eigenvalue weighted by Gasteiger charge is 2.30. The van der Waals surface area contributed by atoms with E-state index in [9.17, 15) is 21.6 Å². The van der Waals surface area contributed by atoms with Crippen LogP contribution in [0.1, 0.15) is 37.8 Å². The van der Waals surface area contributed by atoms with Crippen molar-refractivity contribution in [2.24, 2.45) is 5.16 Å². The molecule has 0 amide bonds. The number of alkyl halides is 3. The Morgan fingerprint density at radius 1 is 1.06 bits per heavy atom. The molecule has 2 aromatic rings. The Balaban J connectivity index is 1.54. The van der Waals surface area contributed by atoms with E-state index in [0.717, 1.165) is 12.1 Å². The van der Waals surface area contributed by atoms with Gasteiger partial charge in [-0.3, -0.25) is 0 Å². The van der Waals surface area contributed by atoms with Crippen molar-refractivity contribution in [2.45, 2.75) is 50.5 Å². The molecule has 2 aromatic carbocycles. The maximum absolute atomic E-state index is 12.9. The fraction of sp³-hybridized carbons (Fsp3) is 0.409. The van der Waals surface area contributed by atoms with Crippen LogP contribution in [0.3, 0.4) is 0 Å². The Morgan fingerprint density at radius 3 is 2.31 bits per heavy atom. The van der Waals surface area contributed by atoms with Crippen LogP contribution in [0.2, 0.25) is 0 Å². The SMILES string of the molecule is CC(C)Oc1ccc(S(=O)(=O)N2CCC(=NOCc3cccc(C(F)(F)F)c3)CC2)cc1. The second-order valence-electron chi connectivity index (χ2n) is 7.67. The van der Waals surface area contributed by atoms with E-state index in [2.05, 4.69) is 5.16 Å². The highest BCUT2D eigenvalue weighted by molar-refractivity contribution is 7.89. The van der Waals surface area contributed by atoms with Crippen molar-refractivity contribution in [3.05, 3.63) is 59.7 Å². The predicted molar refractivity (Wildman–Crippen MR) is 114 cm³/mol. The van der Waals surface area contributed by atoms with Crippen molar-refractivity contribution < 1.29 is 31.2 Å². The van der Waals surface area contributed by atoms with Gasteiger partial charge < -0.3 is 9.57 Å². The predicted octanol–water partition coefficient (Wildman–Crippen LogP) is 4.85. The highest BCUT2D eigenvalue weighted by atomic mass is 32.2. The fourth-order valence-corrected chi connectivity index (χ4v) is 4.66. The molecule has 10 heteroatoms. The molecule has 0 atom stereocenters. The summed E-state index contributed by atoms with van der Waals surface area (Å²) in [6, 6.07) is 11.2. The Morgan fingerprint density at radius 2 is 1.72 bits per heavy atom. The number of benzene rings is 2. The van der Waals surface area contributed by atoms with Gasteiger partial charge in [-0.1, -0.05) is 17.3 Å². The van der Waals surface area contributed by atoms with Crippen LogP contribution in [0, 0.1) is 0 Å². The molecule has 0 aliphatic carbocycles. The standard InChI is InChI=1S/C22H25F3N2O4S/c1-16(2)31-20-6-8-21(9-7-20)32(28,29)27-12-10-19(11-13-27)26-30-15-17-4-3-5-18(14-17)22(23,24)25/h3-9,14,16H,10-13,15H2,1-2H3. The van der Waals surface area contributed by atoms with Gasteiger partial charge in [-0.15, -0.1) is 0 Å². The highest BCUT2D eigenvalue weighted by Crippen LogP contribution is 2.29. The minimum Gasteiger partial charge on any atom is -0.491 e. The molecule has 0 radical (unpaired) electrons. The minimum absolute atomic E-state index is 0.00643. The Bertz CT molecular complexity index is 1040. The summed E-state index contributed by atoms with van der Waals surface area (Å²) in [5.41, 5.74) is 0.284. The third-order valence-electron chi connectivity index (χ3n) is 4.81. The molecule has 1 fully saturated rings.